The van der Waals surface area contributed by atoms with Crippen LogP contribution < -0.4 is 5.32 Å². The molecule has 4 nitrogen and oxygen atoms in total. The van der Waals surface area contributed by atoms with E-state index < -0.39 is 5.60 Å². The van der Waals surface area contributed by atoms with E-state index in [0.717, 1.165) is 24.8 Å². The van der Waals surface area contributed by atoms with Crippen molar-refractivity contribution < 1.29 is 14.6 Å². The van der Waals surface area contributed by atoms with Crippen molar-refractivity contribution in [3.05, 3.63) is 21.9 Å². The van der Waals surface area contributed by atoms with Crippen LogP contribution in [0.25, 0.3) is 0 Å². The number of amides is 1. The Morgan fingerprint density at radius 1 is 1.65 bits per heavy atom. The molecule has 2 N–H and O–H groups in total. The maximum absolute atomic E-state index is 11.9. The predicted molar refractivity (Wildman–Crippen MR) is 66.2 cm³/mol. The molecular weight excluding hydrogens is 238 g/mol. The van der Waals surface area contributed by atoms with Crippen LogP contribution in [0.2, 0.25) is 0 Å². The van der Waals surface area contributed by atoms with Crippen LogP contribution in [0, 0.1) is 0 Å². The number of nitrogens with one attached hydrogen (secondary N) is 1. The molecule has 2 rings (SSSR count). The van der Waals surface area contributed by atoms with Crippen molar-refractivity contribution in [2.45, 2.75) is 31.5 Å². The number of rotatable bonds is 5. The number of aliphatic hydroxyl groups is 1. The van der Waals surface area contributed by atoms with Crippen LogP contribution in [0.4, 0.5) is 0 Å². The molecule has 5 heteroatoms. The van der Waals surface area contributed by atoms with Crippen molar-refractivity contribution in [1.82, 2.24) is 5.32 Å². The van der Waals surface area contributed by atoms with E-state index in [4.69, 9.17) is 4.74 Å². The number of hydrogen-bond acceptors (Lipinski definition) is 4. The Kier molecular flexibility index (Phi) is 3.81. The van der Waals surface area contributed by atoms with E-state index in [0.29, 0.717) is 18.0 Å². The third-order valence-electron chi connectivity index (χ3n) is 3.12. The minimum Gasteiger partial charge on any atom is -0.388 e. The maximum Gasteiger partial charge on any atom is 0.261 e. The van der Waals surface area contributed by atoms with Gasteiger partial charge in [-0.15, -0.1) is 11.3 Å². The fourth-order valence-electron chi connectivity index (χ4n) is 1.89. The molecule has 0 aliphatic heterocycles. The second-order valence-corrected chi connectivity index (χ2v) is 5.38. The first-order valence-corrected chi connectivity index (χ1v) is 6.58. The SMILES string of the molecule is COCc1ccsc1C(=O)NCC1(O)CCC1. The van der Waals surface area contributed by atoms with Gasteiger partial charge in [0.1, 0.15) is 0 Å². The molecule has 0 saturated heterocycles. The van der Waals surface area contributed by atoms with Crippen LogP contribution in [-0.2, 0) is 11.3 Å². The summed E-state index contributed by atoms with van der Waals surface area (Å²) in [5, 5.41) is 14.6. The van der Waals surface area contributed by atoms with E-state index in [2.05, 4.69) is 5.32 Å². The molecule has 1 aliphatic carbocycles. The number of carbonyl (C=O) groups is 1. The molecule has 0 spiro atoms. The smallest absolute Gasteiger partial charge is 0.261 e. The topological polar surface area (TPSA) is 58.6 Å². The quantitative estimate of drug-likeness (QED) is 0.839. The summed E-state index contributed by atoms with van der Waals surface area (Å²) in [6, 6.07) is 1.89. The van der Waals surface area contributed by atoms with Gasteiger partial charge in [-0.05, 0) is 30.7 Å². The lowest BCUT2D eigenvalue weighted by Crippen LogP contribution is -2.47. The molecule has 1 amide bonds. The second-order valence-electron chi connectivity index (χ2n) is 4.47. The molecule has 0 aromatic carbocycles. The van der Waals surface area contributed by atoms with Gasteiger partial charge < -0.3 is 15.2 Å². The lowest BCUT2D eigenvalue weighted by atomic mass is 9.80. The van der Waals surface area contributed by atoms with Crippen molar-refractivity contribution in [3.63, 3.8) is 0 Å². The zero-order valence-corrected chi connectivity index (χ0v) is 10.7. The summed E-state index contributed by atoms with van der Waals surface area (Å²) in [7, 11) is 1.61. The molecule has 94 valence electrons. The van der Waals surface area contributed by atoms with Crippen molar-refractivity contribution >= 4 is 17.2 Å². The monoisotopic (exact) mass is 255 g/mol. The predicted octanol–water partition coefficient (Wildman–Crippen LogP) is 1.54. The highest BCUT2D eigenvalue weighted by Crippen LogP contribution is 2.30. The first-order chi connectivity index (χ1) is 8.14. The standard InChI is InChI=1S/C12H17NO3S/c1-16-7-9-3-6-17-10(9)11(14)13-8-12(15)4-2-5-12/h3,6,15H,2,4-5,7-8H2,1H3,(H,13,14). The van der Waals surface area contributed by atoms with Crippen LogP contribution in [0.15, 0.2) is 11.4 Å². The number of ether oxygens (including phenoxy) is 1. The van der Waals surface area contributed by atoms with Crippen LogP contribution in [0.3, 0.4) is 0 Å². The molecule has 0 atom stereocenters. The van der Waals surface area contributed by atoms with Gasteiger partial charge >= 0.3 is 0 Å². The number of methoxy groups -OCH3 is 1. The third kappa shape index (κ3) is 2.86. The lowest BCUT2D eigenvalue weighted by Gasteiger charge is -2.36. The molecule has 1 fully saturated rings. The van der Waals surface area contributed by atoms with Crippen molar-refractivity contribution in [2.24, 2.45) is 0 Å². The second kappa shape index (κ2) is 5.16. The fourth-order valence-corrected chi connectivity index (χ4v) is 2.72. The fraction of sp³-hybridized carbons (Fsp3) is 0.583. The Morgan fingerprint density at radius 3 is 3.00 bits per heavy atom. The van der Waals surface area contributed by atoms with Crippen LogP contribution in [0.1, 0.15) is 34.5 Å². The van der Waals surface area contributed by atoms with Crippen molar-refractivity contribution in [2.75, 3.05) is 13.7 Å². The highest BCUT2D eigenvalue weighted by atomic mass is 32.1. The summed E-state index contributed by atoms with van der Waals surface area (Å²) >= 11 is 1.40. The largest absolute Gasteiger partial charge is 0.388 e. The van der Waals surface area contributed by atoms with E-state index in [1.54, 1.807) is 7.11 Å². The van der Waals surface area contributed by atoms with Gasteiger partial charge in [0.05, 0.1) is 17.1 Å². The van der Waals surface area contributed by atoms with Crippen molar-refractivity contribution in [3.8, 4) is 0 Å². The highest BCUT2D eigenvalue weighted by Gasteiger charge is 2.34. The number of hydrogen-bond donors (Lipinski definition) is 2. The minimum absolute atomic E-state index is 0.118. The first-order valence-electron chi connectivity index (χ1n) is 5.70. The minimum atomic E-state index is -0.672. The van der Waals surface area contributed by atoms with Gasteiger partial charge in [-0.25, -0.2) is 0 Å². The molecule has 0 bridgehead atoms. The summed E-state index contributed by atoms with van der Waals surface area (Å²) in [5.41, 5.74) is 0.226. The van der Waals surface area contributed by atoms with Gasteiger partial charge in [0, 0.05) is 19.2 Å². The molecule has 1 aliphatic rings. The van der Waals surface area contributed by atoms with Crippen LogP contribution in [0.5, 0.6) is 0 Å². The van der Waals surface area contributed by atoms with Crippen LogP contribution in [-0.4, -0.2) is 30.3 Å². The van der Waals surface area contributed by atoms with Gasteiger partial charge in [0.15, 0.2) is 0 Å². The van der Waals surface area contributed by atoms with Gasteiger partial charge in [-0.3, -0.25) is 4.79 Å². The normalized spacial score (nSPS) is 17.5. The van der Waals surface area contributed by atoms with Gasteiger partial charge in [0.2, 0.25) is 0 Å². The van der Waals surface area contributed by atoms with Crippen LogP contribution >= 0.6 is 11.3 Å². The molecule has 1 aromatic heterocycles. The summed E-state index contributed by atoms with van der Waals surface area (Å²) in [6.07, 6.45) is 2.60. The van der Waals surface area contributed by atoms with E-state index in [9.17, 15) is 9.90 Å². The Hall–Kier alpha value is -0.910. The average molecular weight is 255 g/mol. The average Bonchev–Trinajstić information content (AvgIpc) is 2.72. The Morgan fingerprint density at radius 2 is 2.41 bits per heavy atom. The summed E-state index contributed by atoms with van der Waals surface area (Å²) in [4.78, 5) is 12.6. The van der Waals surface area contributed by atoms with E-state index in [-0.39, 0.29) is 5.91 Å². The third-order valence-corrected chi connectivity index (χ3v) is 4.07. The Bertz CT molecular complexity index is 398. The first kappa shape index (κ1) is 12.5. The summed E-state index contributed by atoms with van der Waals surface area (Å²) < 4.78 is 5.03. The molecule has 17 heavy (non-hydrogen) atoms. The molecule has 0 unspecified atom stereocenters. The summed E-state index contributed by atoms with van der Waals surface area (Å²) in [5.74, 6) is -0.118. The van der Waals surface area contributed by atoms with Gasteiger partial charge in [-0.1, -0.05) is 0 Å². The zero-order valence-electron chi connectivity index (χ0n) is 9.86. The maximum atomic E-state index is 11.9. The Labute approximate surface area is 105 Å². The highest BCUT2D eigenvalue weighted by molar-refractivity contribution is 7.12. The van der Waals surface area contributed by atoms with E-state index in [1.807, 2.05) is 11.4 Å². The van der Waals surface area contributed by atoms with Gasteiger partial charge in [-0.2, -0.15) is 0 Å². The van der Waals surface area contributed by atoms with E-state index in [1.165, 1.54) is 11.3 Å². The molecular formula is C12H17NO3S. The zero-order chi connectivity index (χ0) is 12.3. The molecule has 1 aromatic rings. The van der Waals surface area contributed by atoms with E-state index >= 15 is 0 Å². The lowest BCUT2D eigenvalue weighted by molar-refractivity contribution is -0.0300. The number of carbonyl (C=O) groups excluding carboxylic acids is 1. The Balaban J connectivity index is 1.92. The number of thiophene rings is 1. The van der Waals surface area contributed by atoms with Crippen molar-refractivity contribution in [1.29, 1.82) is 0 Å². The molecule has 1 heterocycles. The molecule has 0 radical (unpaired) electrons. The van der Waals surface area contributed by atoms with Gasteiger partial charge in [0.25, 0.3) is 5.91 Å². The summed E-state index contributed by atoms with van der Waals surface area (Å²) in [6.45, 7) is 0.784. The molecule has 1 saturated carbocycles.